The van der Waals surface area contributed by atoms with Crippen molar-refractivity contribution in [2.75, 3.05) is 54.0 Å². The first-order chi connectivity index (χ1) is 14.3. The maximum atomic E-state index is 12.7. The molecule has 1 aromatic heterocycles. The van der Waals surface area contributed by atoms with Crippen molar-refractivity contribution in [2.24, 2.45) is 0 Å². The van der Waals surface area contributed by atoms with Crippen LogP contribution in [-0.4, -0.2) is 77.5 Å². The summed E-state index contributed by atoms with van der Waals surface area (Å²) < 4.78 is 42.6. The third-order valence-corrected chi connectivity index (χ3v) is 6.78. The fraction of sp³-hybridized carbons (Fsp3) is 0.450. The number of amides is 1. The van der Waals surface area contributed by atoms with Crippen LogP contribution < -0.4 is 14.8 Å². The zero-order valence-electron chi connectivity index (χ0n) is 17.4. The third-order valence-electron chi connectivity index (χ3n) is 5.01. The van der Waals surface area contributed by atoms with E-state index in [1.165, 1.54) is 16.4 Å². The van der Waals surface area contributed by atoms with Gasteiger partial charge in [0, 0.05) is 32.7 Å². The lowest BCUT2D eigenvalue weighted by molar-refractivity contribution is 0.0920. The molecule has 10 heteroatoms. The first-order valence-corrected chi connectivity index (χ1v) is 11.1. The number of piperazine rings is 1. The van der Waals surface area contributed by atoms with Gasteiger partial charge in [0.15, 0.2) is 17.3 Å². The van der Waals surface area contributed by atoms with Gasteiger partial charge in [0.2, 0.25) is 5.09 Å². The molecule has 0 aliphatic carbocycles. The number of ether oxygens (including phenoxy) is 2. The van der Waals surface area contributed by atoms with E-state index in [0.717, 1.165) is 5.56 Å². The summed E-state index contributed by atoms with van der Waals surface area (Å²) >= 11 is 0. The molecule has 3 rings (SSSR count). The van der Waals surface area contributed by atoms with E-state index in [1.54, 1.807) is 20.3 Å². The summed E-state index contributed by atoms with van der Waals surface area (Å²) in [7, 11) is 1.34. The molecule has 1 amide bonds. The van der Waals surface area contributed by atoms with Crippen molar-refractivity contribution >= 4 is 15.9 Å². The summed E-state index contributed by atoms with van der Waals surface area (Å²) in [5.41, 5.74) is 0.964. The Bertz CT molecular complexity index is 980. The highest BCUT2D eigenvalue weighted by atomic mass is 32.2. The van der Waals surface area contributed by atoms with E-state index in [-0.39, 0.29) is 10.9 Å². The SMILES string of the molecule is COc1ccc(CCNC(=O)c2ccc(S(=O)(=O)N3CCN(C)CC3)o2)cc1OC. The molecular weight excluding hydrogens is 410 g/mol. The number of carbonyl (C=O) groups excluding carboxylic acids is 1. The highest BCUT2D eigenvalue weighted by molar-refractivity contribution is 7.89. The van der Waals surface area contributed by atoms with E-state index in [1.807, 2.05) is 19.2 Å². The van der Waals surface area contributed by atoms with Gasteiger partial charge in [-0.2, -0.15) is 4.31 Å². The molecule has 0 unspecified atom stereocenters. The Balaban J connectivity index is 1.57. The van der Waals surface area contributed by atoms with Crippen LogP contribution in [0.2, 0.25) is 0 Å². The van der Waals surface area contributed by atoms with Crippen LogP contribution in [0.25, 0.3) is 0 Å². The Morgan fingerprint density at radius 3 is 2.43 bits per heavy atom. The van der Waals surface area contributed by atoms with Gasteiger partial charge in [0.25, 0.3) is 15.9 Å². The van der Waals surface area contributed by atoms with Gasteiger partial charge in [0.1, 0.15) is 0 Å². The molecule has 1 N–H and O–H groups in total. The number of nitrogens with zero attached hydrogens (tertiary/aromatic N) is 2. The predicted molar refractivity (Wildman–Crippen MR) is 111 cm³/mol. The van der Waals surface area contributed by atoms with Crippen molar-refractivity contribution in [2.45, 2.75) is 11.5 Å². The summed E-state index contributed by atoms with van der Waals surface area (Å²) in [6.07, 6.45) is 0.569. The molecule has 2 aromatic rings. The third kappa shape index (κ3) is 4.94. The lowest BCUT2D eigenvalue weighted by Gasteiger charge is -2.30. The highest BCUT2D eigenvalue weighted by Gasteiger charge is 2.30. The van der Waals surface area contributed by atoms with Crippen LogP contribution in [0.5, 0.6) is 11.5 Å². The van der Waals surface area contributed by atoms with E-state index in [2.05, 4.69) is 10.2 Å². The van der Waals surface area contributed by atoms with Crippen LogP contribution in [0.15, 0.2) is 39.8 Å². The van der Waals surface area contributed by atoms with Crippen molar-refractivity contribution in [1.82, 2.24) is 14.5 Å². The van der Waals surface area contributed by atoms with Crippen LogP contribution in [0.1, 0.15) is 16.1 Å². The zero-order chi connectivity index (χ0) is 21.7. The van der Waals surface area contributed by atoms with Crippen LogP contribution >= 0.6 is 0 Å². The molecule has 1 saturated heterocycles. The molecule has 0 saturated carbocycles. The van der Waals surface area contributed by atoms with Gasteiger partial charge < -0.3 is 24.1 Å². The van der Waals surface area contributed by atoms with E-state index >= 15 is 0 Å². The molecular formula is C20H27N3O6S. The number of rotatable bonds is 8. The highest BCUT2D eigenvalue weighted by Crippen LogP contribution is 2.27. The number of hydrogen-bond acceptors (Lipinski definition) is 7. The fourth-order valence-electron chi connectivity index (χ4n) is 3.18. The Morgan fingerprint density at radius 2 is 1.77 bits per heavy atom. The molecule has 2 heterocycles. The van der Waals surface area contributed by atoms with Gasteiger partial charge in [-0.25, -0.2) is 8.42 Å². The van der Waals surface area contributed by atoms with Crippen molar-refractivity contribution in [3.63, 3.8) is 0 Å². The quantitative estimate of drug-likeness (QED) is 0.662. The number of benzene rings is 1. The van der Waals surface area contributed by atoms with Crippen LogP contribution in [0.4, 0.5) is 0 Å². The van der Waals surface area contributed by atoms with Gasteiger partial charge >= 0.3 is 0 Å². The maximum Gasteiger partial charge on any atom is 0.287 e. The second-order valence-corrected chi connectivity index (χ2v) is 8.89. The molecule has 164 valence electrons. The van der Waals surface area contributed by atoms with Crippen LogP contribution in [0, 0.1) is 0 Å². The van der Waals surface area contributed by atoms with Crippen LogP contribution in [-0.2, 0) is 16.4 Å². The Kier molecular flexibility index (Phi) is 7.01. The summed E-state index contributed by atoms with van der Waals surface area (Å²) in [6, 6.07) is 8.25. The molecule has 0 bridgehead atoms. The summed E-state index contributed by atoms with van der Waals surface area (Å²) in [5.74, 6) is 0.756. The Morgan fingerprint density at radius 1 is 1.07 bits per heavy atom. The van der Waals surface area contributed by atoms with Gasteiger partial charge in [-0.05, 0) is 43.3 Å². The summed E-state index contributed by atoms with van der Waals surface area (Å²) in [4.78, 5) is 14.4. The Hall–Kier alpha value is -2.56. The van der Waals surface area contributed by atoms with Gasteiger partial charge in [-0.3, -0.25) is 4.79 Å². The summed E-state index contributed by atoms with van der Waals surface area (Å²) in [6.45, 7) is 2.46. The standard InChI is InChI=1S/C20H27N3O6S/c1-22-10-12-23(13-11-22)30(25,26)19-7-6-17(29-19)20(24)21-9-8-15-4-5-16(27-2)18(14-15)28-3/h4-7,14H,8-13H2,1-3H3,(H,21,24). The smallest absolute Gasteiger partial charge is 0.287 e. The number of methoxy groups -OCH3 is 2. The van der Waals surface area contributed by atoms with Gasteiger partial charge in [-0.1, -0.05) is 6.07 Å². The molecule has 0 spiro atoms. The molecule has 0 atom stereocenters. The van der Waals surface area contributed by atoms with Gasteiger partial charge in [-0.15, -0.1) is 0 Å². The first kappa shape index (κ1) is 22.1. The second kappa shape index (κ2) is 9.50. The molecule has 1 fully saturated rings. The first-order valence-electron chi connectivity index (χ1n) is 9.63. The van der Waals surface area contributed by atoms with E-state index in [0.29, 0.717) is 50.6 Å². The van der Waals surface area contributed by atoms with Crippen molar-refractivity contribution < 1.29 is 27.1 Å². The topological polar surface area (TPSA) is 101 Å². The molecule has 1 aromatic carbocycles. The lowest BCUT2D eigenvalue weighted by atomic mass is 10.1. The number of furan rings is 1. The number of hydrogen-bond donors (Lipinski definition) is 1. The van der Waals surface area contributed by atoms with E-state index in [9.17, 15) is 13.2 Å². The molecule has 1 aliphatic heterocycles. The van der Waals surface area contributed by atoms with Crippen molar-refractivity contribution in [3.05, 3.63) is 41.7 Å². The molecule has 0 radical (unpaired) electrons. The number of nitrogens with one attached hydrogen (secondary N) is 1. The molecule has 1 aliphatic rings. The van der Waals surface area contributed by atoms with Crippen molar-refractivity contribution in [1.29, 1.82) is 0 Å². The normalized spacial score (nSPS) is 15.7. The predicted octanol–water partition coefficient (Wildman–Crippen LogP) is 1.21. The minimum atomic E-state index is -3.74. The Labute approximate surface area is 176 Å². The largest absolute Gasteiger partial charge is 0.493 e. The number of likely N-dealkylation sites (N-methyl/N-ethyl adjacent to an activating group) is 1. The van der Waals surface area contributed by atoms with Gasteiger partial charge in [0.05, 0.1) is 14.2 Å². The average molecular weight is 438 g/mol. The van der Waals surface area contributed by atoms with Crippen molar-refractivity contribution in [3.8, 4) is 11.5 Å². The molecule has 30 heavy (non-hydrogen) atoms. The van der Waals surface area contributed by atoms with Crippen LogP contribution in [0.3, 0.4) is 0 Å². The number of sulfonamides is 1. The lowest BCUT2D eigenvalue weighted by Crippen LogP contribution is -2.46. The minimum absolute atomic E-state index is 0.0324. The maximum absolute atomic E-state index is 12.7. The summed E-state index contributed by atoms with van der Waals surface area (Å²) in [5, 5.41) is 2.53. The monoisotopic (exact) mass is 437 g/mol. The second-order valence-electron chi connectivity index (χ2n) is 7.02. The fourth-order valence-corrected chi connectivity index (χ4v) is 4.51. The van der Waals surface area contributed by atoms with E-state index < -0.39 is 15.9 Å². The molecule has 9 nitrogen and oxygen atoms in total. The number of carbonyl (C=O) groups is 1. The van der Waals surface area contributed by atoms with E-state index in [4.69, 9.17) is 13.9 Å². The average Bonchev–Trinajstić information content (AvgIpc) is 3.25. The minimum Gasteiger partial charge on any atom is -0.493 e. The zero-order valence-corrected chi connectivity index (χ0v) is 18.2.